The number of ether oxygens (including phenoxy) is 1. The smallest absolute Gasteiger partial charge is 0.259 e. The van der Waals surface area contributed by atoms with Gasteiger partial charge >= 0.3 is 0 Å². The van der Waals surface area contributed by atoms with Crippen LogP contribution in [0, 0.1) is 32.8 Å². The van der Waals surface area contributed by atoms with Crippen LogP contribution in [0.1, 0.15) is 79.6 Å². The molecular weight excluding hydrogens is 662 g/mol. The first-order chi connectivity index (χ1) is 14.3. The zero-order valence-electron chi connectivity index (χ0n) is 21.9. The average Bonchev–Trinajstić information content (AvgIpc) is 2.67. The van der Waals surface area contributed by atoms with Crippen molar-refractivity contribution >= 4 is 8.53 Å². The van der Waals surface area contributed by atoms with E-state index >= 15 is 0 Å². The van der Waals surface area contributed by atoms with Crippen LogP contribution in [0.25, 0.3) is 4.85 Å². The molecule has 2 atom stereocenters. The largest absolute Gasteiger partial charge is 0.378 e. The van der Waals surface area contributed by atoms with Crippen molar-refractivity contribution in [2.75, 3.05) is 26.4 Å². The summed E-state index contributed by atoms with van der Waals surface area (Å²) in [5.41, 5.74) is 0.113. The number of hydrogen-bond donors (Lipinski definition) is 0. The summed E-state index contributed by atoms with van der Waals surface area (Å²) < 4.78 is 20.9. The monoisotopic (exact) mass is 708 g/mol. The molecule has 0 heterocycles. The van der Waals surface area contributed by atoms with Crippen molar-refractivity contribution < 1.29 is 112 Å². The van der Waals surface area contributed by atoms with Gasteiger partial charge < -0.3 is 39.4 Å². The van der Waals surface area contributed by atoms with Crippen molar-refractivity contribution in [2.24, 2.45) is 5.41 Å². The minimum absolute atomic E-state index is 0. The van der Waals surface area contributed by atoms with Crippen molar-refractivity contribution in [2.45, 2.75) is 97.8 Å². The van der Waals surface area contributed by atoms with E-state index in [-0.39, 0.29) is 110 Å². The maximum Gasteiger partial charge on any atom is 0.259 e. The van der Waals surface area contributed by atoms with Gasteiger partial charge in [-0.2, -0.15) is 19.3 Å². The Balaban J connectivity index is -0.00000140. The molecule has 0 aliphatic carbocycles. The third-order valence-electron chi connectivity index (χ3n) is 5.18. The van der Waals surface area contributed by atoms with Gasteiger partial charge in [0.1, 0.15) is 6.61 Å². The van der Waals surface area contributed by atoms with E-state index in [1.54, 1.807) is 0 Å². The topological polar surface area (TPSA) is 35.3 Å². The second-order valence-electron chi connectivity index (χ2n) is 8.48. The van der Waals surface area contributed by atoms with Crippen molar-refractivity contribution in [3.8, 4) is 0 Å². The second-order valence-corrected chi connectivity index (χ2v) is 9.89. The molecule has 187 valence electrons. The molecule has 0 fully saturated rings. The summed E-state index contributed by atoms with van der Waals surface area (Å²) in [5.74, 6) is 0. The van der Waals surface area contributed by atoms with E-state index < -0.39 is 8.53 Å². The quantitative estimate of drug-likeness (QED) is 0.0832. The van der Waals surface area contributed by atoms with E-state index in [0.717, 1.165) is 44.9 Å². The molecule has 2 unspecified atom stereocenters. The Morgan fingerprint density at radius 3 is 1.79 bits per heavy atom. The first-order valence-corrected chi connectivity index (χ1v) is 12.6. The summed E-state index contributed by atoms with van der Waals surface area (Å²) in [5, 5.41) is 0. The van der Waals surface area contributed by atoms with E-state index in [4.69, 9.17) is 20.4 Å². The fourth-order valence-corrected chi connectivity index (χ4v) is 5.52. The number of nitrogens with zero attached hydrogens (tertiary/aromatic N) is 2. The molecule has 0 aromatic heterocycles. The van der Waals surface area contributed by atoms with Crippen LogP contribution in [0.2, 0.25) is 0 Å². The van der Waals surface area contributed by atoms with Gasteiger partial charge in [-0.15, -0.1) is 0 Å². The molecule has 0 rings (SSSR count). The third kappa shape index (κ3) is 18.9. The van der Waals surface area contributed by atoms with Crippen LogP contribution >= 0.6 is 8.53 Å². The van der Waals surface area contributed by atoms with Crippen LogP contribution in [0.3, 0.4) is 0 Å². The maximum atomic E-state index is 7.02. The first kappa shape index (κ1) is 43.1. The van der Waals surface area contributed by atoms with Crippen LogP contribution in [-0.4, -0.2) is 49.2 Å². The zero-order valence-corrected chi connectivity index (χ0v) is 31.3. The molecule has 33 heavy (non-hydrogen) atoms. The van der Waals surface area contributed by atoms with Crippen molar-refractivity contribution in [3.05, 3.63) is 32.2 Å². The normalized spacial score (nSPS) is 13.2. The first-order valence-electron chi connectivity index (χ1n) is 11.5. The molecule has 0 bridgehead atoms. The van der Waals surface area contributed by atoms with Gasteiger partial charge in [0.05, 0.1) is 19.3 Å². The fraction of sp³-hybridized carbons (Fsp3) is 0.833. The molecule has 0 aliphatic rings. The molecule has 0 saturated heterocycles. The minimum atomic E-state index is -1.24. The summed E-state index contributed by atoms with van der Waals surface area (Å²) >= 11 is 0. The summed E-state index contributed by atoms with van der Waals surface area (Å²) in [4.78, 5) is 3.41. The van der Waals surface area contributed by atoms with Crippen LogP contribution in [0.4, 0.5) is 0 Å². The number of hydrogen-bond acceptors (Lipinski definition) is 4. The molecule has 0 aromatic carbocycles. The molecule has 0 aromatic rings. The summed E-state index contributed by atoms with van der Waals surface area (Å²) in [6.45, 7) is 31.9. The van der Waals surface area contributed by atoms with E-state index in [0.29, 0.717) is 38.4 Å². The Labute approximate surface area is 283 Å². The molecule has 0 aliphatic heterocycles. The summed E-state index contributed by atoms with van der Waals surface area (Å²) in [6.07, 6.45) is 6.62. The summed E-state index contributed by atoms with van der Waals surface area (Å²) in [7, 11) is -1.24. The van der Waals surface area contributed by atoms with Gasteiger partial charge in [-0.25, -0.2) is 11.2 Å². The Morgan fingerprint density at radius 2 is 1.42 bits per heavy atom. The molecule has 0 spiro atoms. The van der Waals surface area contributed by atoms with Gasteiger partial charge in [-0.3, -0.25) is 0 Å². The van der Waals surface area contributed by atoms with Crippen LogP contribution in [0.15, 0.2) is 0 Å². The van der Waals surface area contributed by atoms with Crippen molar-refractivity contribution in [3.63, 3.8) is 0 Å². The molecule has 0 saturated carbocycles. The van der Waals surface area contributed by atoms with Gasteiger partial charge in [0.25, 0.3) is 8.53 Å². The molecule has 0 N–H and O–H groups in total. The van der Waals surface area contributed by atoms with Crippen LogP contribution < -0.4 is 0 Å². The summed E-state index contributed by atoms with van der Waals surface area (Å²) in [6, 6.07) is 0.586. The van der Waals surface area contributed by atoms with Gasteiger partial charge in [0.15, 0.2) is 0 Å². The van der Waals surface area contributed by atoms with E-state index in [1.165, 1.54) is 0 Å². The molecule has 5 nitrogen and oxygen atoms in total. The third-order valence-corrected chi connectivity index (χ3v) is 7.36. The predicted molar refractivity (Wildman–Crippen MR) is 129 cm³/mol. The Hall–Kier alpha value is 3.07. The van der Waals surface area contributed by atoms with Crippen molar-refractivity contribution in [1.29, 1.82) is 0 Å². The van der Waals surface area contributed by atoms with Gasteiger partial charge in [-0.1, -0.05) is 26.2 Å². The molecule has 3 radical (unpaired) electrons. The Bertz CT molecular complexity index is 444. The van der Waals surface area contributed by atoms with E-state index in [2.05, 4.69) is 64.9 Å². The maximum absolute atomic E-state index is 7.02. The van der Waals surface area contributed by atoms with Crippen LogP contribution in [0.5, 0.6) is 0 Å². The molecule has 9 heteroatoms. The van der Waals surface area contributed by atoms with Crippen LogP contribution in [-0.2, 0) is 112 Å². The average molecular weight is 708 g/mol. The predicted octanol–water partition coefficient (Wildman–Crippen LogP) is 6.90. The molecule has 0 amide bonds. The zero-order chi connectivity index (χ0) is 23.0. The van der Waals surface area contributed by atoms with Gasteiger partial charge in [0.2, 0.25) is 6.54 Å². The number of rotatable bonds is 19. The Morgan fingerprint density at radius 1 is 0.939 bits per heavy atom. The molecular formula is C24H46N2O3PY3-3. The van der Waals surface area contributed by atoms with E-state index in [9.17, 15) is 0 Å². The Kier molecular flexibility index (Phi) is 34.9. The van der Waals surface area contributed by atoms with Crippen molar-refractivity contribution in [1.82, 2.24) is 4.67 Å². The fourth-order valence-electron chi connectivity index (χ4n) is 3.76. The van der Waals surface area contributed by atoms with Gasteiger partial charge in [0, 0.05) is 110 Å². The van der Waals surface area contributed by atoms with Gasteiger partial charge in [-0.05, 0) is 39.5 Å². The van der Waals surface area contributed by atoms with E-state index in [1.807, 2.05) is 0 Å². The SMILES string of the molecule is [C-]#[N+]CCOP(OC(CC)COCC(CC[CH2-])(CC[CH2-])CC[CH2-])N(C(C)C)C(C)C.[Y].[Y].[Y]. The second kappa shape index (κ2) is 26.7. The minimum Gasteiger partial charge on any atom is -0.378 e. The standard InChI is InChI=1S/C24H46N2O3P.3Y/c1-10-14-24(15-11-2,16-12-3)20-27-19-23(13-4)29-30(28-18-17-25-9)26(21(5)6)22(7)8;;;/h21-23H,1-3,10-20H2,4-8H3;;;/q-3;;;.